The van der Waals surface area contributed by atoms with E-state index in [9.17, 15) is 9.90 Å². The Labute approximate surface area is 118 Å². The van der Waals surface area contributed by atoms with E-state index in [1.807, 2.05) is 42.5 Å². The van der Waals surface area contributed by atoms with Crippen molar-refractivity contribution in [2.75, 3.05) is 0 Å². The molecule has 0 spiro atoms. The number of rotatable bonds is 6. The molecule has 0 fully saturated rings. The zero-order valence-electron chi connectivity index (χ0n) is 11.2. The molecule has 0 heterocycles. The van der Waals surface area contributed by atoms with Crippen molar-refractivity contribution in [1.29, 1.82) is 0 Å². The maximum atomic E-state index is 11.0. The van der Waals surface area contributed by atoms with Crippen LogP contribution in [0.1, 0.15) is 17.5 Å². The standard InChI is InChI=1S/C17H18O3/c18-16-8-6-14(7-9-16)11-15(12-17(19)20)10-13-4-2-1-3-5-13/h1-9,15,18H,10-12H2,(H,19,20). The highest BCUT2D eigenvalue weighted by molar-refractivity contribution is 5.67. The molecule has 2 N–H and O–H groups in total. The van der Waals surface area contributed by atoms with E-state index < -0.39 is 5.97 Å². The Hall–Kier alpha value is -2.29. The highest BCUT2D eigenvalue weighted by Gasteiger charge is 2.14. The first kappa shape index (κ1) is 14.1. The summed E-state index contributed by atoms with van der Waals surface area (Å²) in [5, 5.41) is 18.3. The van der Waals surface area contributed by atoms with Gasteiger partial charge >= 0.3 is 5.97 Å². The molecular weight excluding hydrogens is 252 g/mol. The fraction of sp³-hybridized carbons (Fsp3) is 0.235. The molecule has 0 aromatic heterocycles. The summed E-state index contributed by atoms with van der Waals surface area (Å²) in [7, 11) is 0. The number of aromatic hydroxyl groups is 1. The van der Waals surface area contributed by atoms with Crippen LogP contribution >= 0.6 is 0 Å². The van der Waals surface area contributed by atoms with E-state index in [0.29, 0.717) is 6.42 Å². The minimum absolute atomic E-state index is 0.0550. The second kappa shape index (κ2) is 6.75. The molecule has 0 aliphatic rings. The van der Waals surface area contributed by atoms with Crippen LogP contribution < -0.4 is 0 Å². The first-order valence-electron chi connectivity index (χ1n) is 6.67. The maximum absolute atomic E-state index is 11.0. The second-order valence-corrected chi connectivity index (χ2v) is 5.02. The number of hydrogen-bond acceptors (Lipinski definition) is 2. The zero-order valence-corrected chi connectivity index (χ0v) is 11.2. The van der Waals surface area contributed by atoms with E-state index >= 15 is 0 Å². The van der Waals surface area contributed by atoms with Gasteiger partial charge in [0, 0.05) is 6.42 Å². The summed E-state index contributed by atoms with van der Waals surface area (Å²) in [6.45, 7) is 0. The average Bonchev–Trinajstić information content (AvgIpc) is 2.42. The number of carbonyl (C=O) groups is 1. The van der Waals surface area contributed by atoms with Crippen molar-refractivity contribution in [3.63, 3.8) is 0 Å². The summed E-state index contributed by atoms with van der Waals surface area (Å²) in [5.74, 6) is -0.490. The van der Waals surface area contributed by atoms with Crippen LogP contribution in [-0.2, 0) is 17.6 Å². The quantitative estimate of drug-likeness (QED) is 0.847. The summed E-state index contributed by atoms with van der Waals surface area (Å²) in [6.07, 6.45) is 1.59. The zero-order chi connectivity index (χ0) is 14.4. The Morgan fingerprint density at radius 2 is 1.45 bits per heavy atom. The molecule has 0 aliphatic carbocycles. The van der Waals surface area contributed by atoms with Gasteiger partial charge in [0.1, 0.15) is 5.75 Å². The van der Waals surface area contributed by atoms with E-state index in [1.165, 1.54) is 0 Å². The van der Waals surface area contributed by atoms with Gasteiger partial charge in [-0.1, -0.05) is 42.5 Å². The molecule has 1 unspecified atom stereocenters. The lowest BCUT2D eigenvalue weighted by Gasteiger charge is -2.15. The van der Waals surface area contributed by atoms with Crippen LogP contribution in [0.5, 0.6) is 5.75 Å². The number of benzene rings is 2. The van der Waals surface area contributed by atoms with Crippen LogP contribution in [0, 0.1) is 5.92 Å². The van der Waals surface area contributed by atoms with Crippen LogP contribution in [0.2, 0.25) is 0 Å². The summed E-state index contributed by atoms with van der Waals surface area (Å²) in [5.41, 5.74) is 2.20. The van der Waals surface area contributed by atoms with Crippen molar-refractivity contribution in [1.82, 2.24) is 0 Å². The number of phenols is 1. The number of carboxylic acids is 1. The highest BCUT2D eigenvalue weighted by Crippen LogP contribution is 2.19. The lowest BCUT2D eigenvalue weighted by Crippen LogP contribution is -2.13. The van der Waals surface area contributed by atoms with Crippen LogP contribution in [0.3, 0.4) is 0 Å². The number of carboxylic acid groups (broad SMARTS) is 1. The molecule has 0 bridgehead atoms. The molecule has 1 atom stereocenters. The molecule has 104 valence electrons. The Bertz CT molecular complexity index is 546. The van der Waals surface area contributed by atoms with E-state index in [1.54, 1.807) is 12.1 Å². The first-order valence-corrected chi connectivity index (χ1v) is 6.67. The van der Waals surface area contributed by atoms with E-state index in [4.69, 9.17) is 5.11 Å². The molecule has 2 aromatic rings. The lowest BCUT2D eigenvalue weighted by molar-refractivity contribution is -0.138. The predicted molar refractivity (Wildman–Crippen MR) is 77.7 cm³/mol. The summed E-state index contributed by atoms with van der Waals surface area (Å²) >= 11 is 0. The Morgan fingerprint density at radius 3 is 2.00 bits per heavy atom. The van der Waals surface area contributed by atoms with Gasteiger partial charge < -0.3 is 10.2 Å². The smallest absolute Gasteiger partial charge is 0.303 e. The average molecular weight is 270 g/mol. The summed E-state index contributed by atoms with van der Waals surface area (Å²) < 4.78 is 0. The minimum atomic E-state index is -0.773. The fourth-order valence-corrected chi connectivity index (χ4v) is 2.38. The largest absolute Gasteiger partial charge is 0.508 e. The molecule has 3 heteroatoms. The van der Waals surface area contributed by atoms with Crippen LogP contribution in [0.4, 0.5) is 0 Å². The molecule has 0 saturated heterocycles. The van der Waals surface area contributed by atoms with Crippen LogP contribution in [-0.4, -0.2) is 16.2 Å². The summed E-state index contributed by atoms with van der Waals surface area (Å²) in [4.78, 5) is 11.0. The normalized spacial score (nSPS) is 12.0. The van der Waals surface area contributed by atoms with Gasteiger partial charge in [0.05, 0.1) is 0 Å². The number of phenolic OH excluding ortho intramolecular Hbond substituents is 1. The lowest BCUT2D eigenvalue weighted by atomic mass is 9.90. The molecule has 0 aliphatic heterocycles. The van der Waals surface area contributed by atoms with E-state index in [-0.39, 0.29) is 18.1 Å². The topological polar surface area (TPSA) is 57.5 Å². The van der Waals surface area contributed by atoms with Gasteiger partial charge in [-0.25, -0.2) is 0 Å². The highest BCUT2D eigenvalue weighted by atomic mass is 16.4. The van der Waals surface area contributed by atoms with Crippen molar-refractivity contribution in [3.05, 3.63) is 65.7 Å². The minimum Gasteiger partial charge on any atom is -0.508 e. The third-order valence-electron chi connectivity index (χ3n) is 3.29. The molecule has 2 aromatic carbocycles. The molecule has 20 heavy (non-hydrogen) atoms. The second-order valence-electron chi connectivity index (χ2n) is 5.02. The number of hydrogen-bond donors (Lipinski definition) is 2. The third kappa shape index (κ3) is 4.43. The van der Waals surface area contributed by atoms with Gasteiger partial charge in [-0.2, -0.15) is 0 Å². The molecule has 3 nitrogen and oxygen atoms in total. The maximum Gasteiger partial charge on any atom is 0.303 e. The Morgan fingerprint density at radius 1 is 0.900 bits per heavy atom. The van der Waals surface area contributed by atoms with Gasteiger partial charge in [0.2, 0.25) is 0 Å². The molecule has 2 rings (SSSR count). The SMILES string of the molecule is O=C(O)CC(Cc1ccccc1)Cc1ccc(O)cc1. The Kier molecular flexibility index (Phi) is 4.77. The molecule has 0 saturated carbocycles. The van der Waals surface area contributed by atoms with Crippen molar-refractivity contribution < 1.29 is 15.0 Å². The third-order valence-corrected chi connectivity index (χ3v) is 3.29. The molecule has 0 amide bonds. The predicted octanol–water partition coefficient (Wildman–Crippen LogP) is 3.27. The van der Waals surface area contributed by atoms with Crippen LogP contribution in [0.25, 0.3) is 0 Å². The van der Waals surface area contributed by atoms with Gasteiger partial charge in [-0.05, 0) is 42.0 Å². The van der Waals surface area contributed by atoms with Gasteiger partial charge in [-0.15, -0.1) is 0 Å². The van der Waals surface area contributed by atoms with Gasteiger partial charge in [0.25, 0.3) is 0 Å². The van der Waals surface area contributed by atoms with E-state index in [2.05, 4.69) is 0 Å². The first-order chi connectivity index (χ1) is 9.63. The summed E-state index contributed by atoms with van der Waals surface area (Å²) in [6, 6.07) is 16.9. The number of aliphatic carboxylic acids is 1. The van der Waals surface area contributed by atoms with Crippen molar-refractivity contribution in [2.45, 2.75) is 19.3 Å². The van der Waals surface area contributed by atoms with Crippen molar-refractivity contribution >= 4 is 5.97 Å². The monoisotopic (exact) mass is 270 g/mol. The van der Waals surface area contributed by atoms with E-state index in [0.717, 1.165) is 17.5 Å². The van der Waals surface area contributed by atoms with Crippen molar-refractivity contribution in [3.8, 4) is 5.75 Å². The molecule has 0 radical (unpaired) electrons. The van der Waals surface area contributed by atoms with Crippen LogP contribution in [0.15, 0.2) is 54.6 Å². The van der Waals surface area contributed by atoms with Crippen molar-refractivity contribution in [2.24, 2.45) is 5.92 Å². The Balaban J connectivity index is 2.07. The van der Waals surface area contributed by atoms with Gasteiger partial charge in [0.15, 0.2) is 0 Å². The fourth-order valence-electron chi connectivity index (χ4n) is 2.38. The van der Waals surface area contributed by atoms with Gasteiger partial charge in [-0.3, -0.25) is 4.79 Å². The molecular formula is C17H18O3.